The van der Waals surface area contributed by atoms with Gasteiger partial charge in [-0.1, -0.05) is 60.7 Å². The SMILES string of the molecule is Cl.OC(CNC1CCc2ccccc2C1)COc1cccc2ccccc12. The Morgan fingerprint density at radius 1 is 0.963 bits per heavy atom. The van der Waals surface area contributed by atoms with Gasteiger partial charge in [0, 0.05) is 18.0 Å². The molecule has 0 heterocycles. The minimum Gasteiger partial charge on any atom is -0.490 e. The van der Waals surface area contributed by atoms with Gasteiger partial charge in [0.1, 0.15) is 18.5 Å². The van der Waals surface area contributed by atoms with Crippen LogP contribution in [-0.4, -0.2) is 30.4 Å². The van der Waals surface area contributed by atoms with Crippen LogP contribution in [0, 0.1) is 0 Å². The zero-order valence-corrected chi connectivity index (χ0v) is 16.1. The van der Waals surface area contributed by atoms with E-state index in [1.165, 1.54) is 11.1 Å². The summed E-state index contributed by atoms with van der Waals surface area (Å²) in [5.74, 6) is 0.828. The Hall–Kier alpha value is -2.07. The van der Waals surface area contributed by atoms with E-state index in [2.05, 4.69) is 47.8 Å². The van der Waals surface area contributed by atoms with E-state index in [9.17, 15) is 5.11 Å². The maximum absolute atomic E-state index is 10.3. The third kappa shape index (κ3) is 4.81. The second-order valence-corrected chi connectivity index (χ2v) is 7.06. The van der Waals surface area contributed by atoms with Gasteiger partial charge in [-0.2, -0.15) is 0 Å². The molecule has 142 valence electrons. The van der Waals surface area contributed by atoms with Gasteiger partial charge in [-0.15, -0.1) is 12.4 Å². The summed E-state index contributed by atoms with van der Waals surface area (Å²) in [6, 6.07) is 23.2. The van der Waals surface area contributed by atoms with Crippen LogP contribution in [-0.2, 0) is 12.8 Å². The van der Waals surface area contributed by atoms with Gasteiger partial charge in [0.25, 0.3) is 0 Å². The monoisotopic (exact) mass is 383 g/mol. The summed E-state index contributed by atoms with van der Waals surface area (Å²) >= 11 is 0. The maximum Gasteiger partial charge on any atom is 0.127 e. The average Bonchev–Trinajstić information content (AvgIpc) is 2.70. The van der Waals surface area contributed by atoms with Crippen LogP contribution in [0.5, 0.6) is 5.75 Å². The number of aryl methyl sites for hydroxylation is 1. The zero-order valence-electron chi connectivity index (χ0n) is 15.3. The van der Waals surface area contributed by atoms with Crippen molar-refractivity contribution in [2.75, 3.05) is 13.2 Å². The molecule has 27 heavy (non-hydrogen) atoms. The van der Waals surface area contributed by atoms with Gasteiger partial charge in [-0.05, 0) is 41.8 Å². The lowest BCUT2D eigenvalue weighted by molar-refractivity contribution is 0.104. The Morgan fingerprint density at radius 3 is 2.59 bits per heavy atom. The first-order chi connectivity index (χ1) is 12.8. The smallest absolute Gasteiger partial charge is 0.127 e. The number of nitrogens with one attached hydrogen (secondary N) is 1. The van der Waals surface area contributed by atoms with E-state index in [1.807, 2.05) is 24.3 Å². The Kier molecular flexibility index (Phi) is 6.73. The molecule has 0 bridgehead atoms. The molecule has 2 unspecified atom stereocenters. The summed E-state index contributed by atoms with van der Waals surface area (Å²) in [6.45, 7) is 0.849. The molecule has 0 radical (unpaired) electrons. The Bertz CT molecular complexity index is 878. The lowest BCUT2D eigenvalue weighted by atomic mass is 9.88. The number of aliphatic hydroxyl groups excluding tert-OH is 1. The van der Waals surface area contributed by atoms with Crippen molar-refractivity contribution in [1.82, 2.24) is 5.32 Å². The molecule has 3 aromatic carbocycles. The van der Waals surface area contributed by atoms with Gasteiger partial charge in [0.2, 0.25) is 0 Å². The first kappa shape index (κ1) is 19.7. The predicted octanol–water partition coefficient (Wildman–Crippen LogP) is 4.15. The van der Waals surface area contributed by atoms with E-state index in [1.54, 1.807) is 0 Å². The molecule has 0 aromatic heterocycles. The molecular formula is C23H26ClNO2. The van der Waals surface area contributed by atoms with E-state index in [0.29, 0.717) is 19.2 Å². The topological polar surface area (TPSA) is 41.5 Å². The predicted molar refractivity (Wildman–Crippen MR) is 113 cm³/mol. The maximum atomic E-state index is 10.3. The zero-order chi connectivity index (χ0) is 17.8. The Balaban J connectivity index is 0.00000210. The quantitative estimate of drug-likeness (QED) is 0.672. The third-order valence-electron chi connectivity index (χ3n) is 5.17. The van der Waals surface area contributed by atoms with Crippen molar-refractivity contribution in [1.29, 1.82) is 0 Å². The molecule has 2 atom stereocenters. The van der Waals surface area contributed by atoms with Crippen LogP contribution in [0.3, 0.4) is 0 Å². The summed E-state index contributed by atoms with van der Waals surface area (Å²) in [4.78, 5) is 0. The second kappa shape index (κ2) is 9.23. The van der Waals surface area contributed by atoms with Gasteiger partial charge >= 0.3 is 0 Å². The molecule has 0 fully saturated rings. The summed E-state index contributed by atoms with van der Waals surface area (Å²) in [5.41, 5.74) is 2.89. The van der Waals surface area contributed by atoms with Gasteiger partial charge in [-0.25, -0.2) is 0 Å². The minimum absolute atomic E-state index is 0. The number of ether oxygens (including phenoxy) is 1. The standard InChI is InChI=1S/C23H25NO2.ClH/c25-21(15-24-20-13-12-17-6-1-2-8-19(17)14-20)16-26-23-11-5-9-18-7-3-4-10-22(18)23;/h1-11,20-21,24-25H,12-16H2;1H. The number of fused-ring (bicyclic) bond motifs is 2. The average molecular weight is 384 g/mol. The molecule has 0 spiro atoms. The summed E-state index contributed by atoms with van der Waals surface area (Å²) in [6.07, 6.45) is 2.74. The normalized spacial score (nSPS) is 17.0. The van der Waals surface area contributed by atoms with Crippen molar-refractivity contribution in [3.05, 3.63) is 77.9 Å². The minimum atomic E-state index is -0.522. The molecular weight excluding hydrogens is 358 g/mol. The molecule has 3 aromatic rings. The molecule has 4 rings (SSSR count). The molecule has 4 heteroatoms. The van der Waals surface area contributed by atoms with Crippen LogP contribution < -0.4 is 10.1 Å². The first-order valence-corrected chi connectivity index (χ1v) is 9.38. The van der Waals surface area contributed by atoms with E-state index in [0.717, 1.165) is 35.8 Å². The molecule has 1 aliphatic rings. The highest BCUT2D eigenvalue weighted by molar-refractivity contribution is 5.88. The van der Waals surface area contributed by atoms with Gasteiger partial charge in [-0.3, -0.25) is 0 Å². The lowest BCUT2D eigenvalue weighted by Gasteiger charge is -2.26. The molecule has 0 amide bonds. The number of hydrogen-bond acceptors (Lipinski definition) is 3. The first-order valence-electron chi connectivity index (χ1n) is 9.38. The highest BCUT2D eigenvalue weighted by atomic mass is 35.5. The number of rotatable bonds is 6. The van der Waals surface area contributed by atoms with Gasteiger partial charge in [0.05, 0.1) is 0 Å². The second-order valence-electron chi connectivity index (χ2n) is 7.06. The van der Waals surface area contributed by atoms with Crippen molar-refractivity contribution < 1.29 is 9.84 Å². The largest absolute Gasteiger partial charge is 0.490 e. The van der Waals surface area contributed by atoms with E-state index >= 15 is 0 Å². The fraction of sp³-hybridized carbons (Fsp3) is 0.304. The highest BCUT2D eigenvalue weighted by Crippen LogP contribution is 2.25. The number of aliphatic hydroxyl groups is 1. The van der Waals surface area contributed by atoms with Gasteiger partial charge < -0.3 is 15.2 Å². The summed E-state index contributed by atoms with van der Waals surface area (Å²) < 4.78 is 5.89. The Labute approximate surface area is 166 Å². The number of halogens is 1. The third-order valence-corrected chi connectivity index (χ3v) is 5.17. The summed E-state index contributed by atoms with van der Waals surface area (Å²) in [7, 11) is 0. The van der Waals surface area contributed by atoms with Crippen LogP contribution in [0.1, 0.15) is 17.5 Å². The van der Waals surface area contributed by atoms with Crippen molar-refractivity contribution in [3.8, 4) is 5.75 Å². The molecule has 3 nitrogen and oxygen atoms in total. The van der Waals surface area contributed by atoms with Crippen molar-refractivity contribution in [2.45, 2.75) is 31.4 Å². The lowest BCUT2D eigenvalue weighted by Crippen LogP contribution is -2.40. The number of benzene rings is 3. The Morgan fingerprint density at radius 2 is 1.70 bits per heavy atom. The van der Waals surface area contributed by atoms with Crippen LogP contribution in [0.4, 0.5) is 0 Å². The van der Waals surface area contributed by atoms with Crippen LogP contribution in [0.15, 0.2) is 66.7 Å². The summed E-state index contributed by atoms with van der Waals surface area (Å²) in [5, 5.41) is 16.1. The molecule has 2 N–H and O–H groups in total. The molecule has 0 saturated heterocycles. The fourth-order valence-corrected chi connectivity index (χ4v) is 3.74. The van der Waals surface area contributed by atoms with Crippen LogP contribution in [0.25, 0.3) is 10.8 Å². The fourth-order valence-electron chi connectivity index (χ4n) is 3.74. The molecule has 0 aliphatic heterocycles. The molecule has 0 saturated carbocycles. The van der Waals surface area contributed by atoms with Crippen LogP contribution in [0.2, 0.25) is 0 Å². The van der Waals surface area contributed by atoms with Crippen molar-refractivity contribution >= 4 is 23.2 Å². The van der Waals surface area contributed by atoms with Crippen molar-refractivity contribution in [3.63, 3.8) is 0 Å². The van der Waals surface area contributed by atoms with E-state index < -0.39 is 6.10 Å². The van der Waals surface area contributed by atoms with Crippen molar-refractivity contribution in [2.24, 2.45) is 0 Å². The molecule has 1 aliphatic carbocycles. The number of hydrogen-bond donors (Lipinski definition) is 2. The highest BCUT2D eigenvalue weighted by Gasteiger charge is 2.18. The van der Waals surface area contributed by atoms with Gasteiger partial charge in [0.15, 0.2) is 0 Å². The van der Waals surface area contributed by atoms with E-state index in [4.69, 9.17) is 4.74 Å². The van der Waals surface area contributed by atoms with Crippen LogP contribution >= 0.6 is 12.4 Å². The van der Waals surface area contributed by atoms with E-state index in [-0.39, 0.29) is 12.4 Å².